The lowest BCUT2D eigenvalue weighted by Gasteiger charge is -2.03. The molecule has 0 radical (unpaired) electrons. The summed E-state index contributed by atoms with van der Waals surface area (Å²) in [7, 11) is 0. The predicted octanol–water partition coefficient (Wildman–Crippen LogP) is 2.95. The Morgan fingerprint density at radius 3 is 3.00 bits per heavy atom. The summed E-state index contributed by atoms with van der Waals surface area (Å²) < 4.78 is 0. The summed E-state index contributed by atoms with van der Waals surface area (Å²) in [6.45, 7) is 5.96. The molecule has 0 aliphatic carbocycles. The van der Waals surface area contributed by atoms with Crippen molar-refractivity contribution in [1.82, 2.24) is 10.3 Å². The van der Waals surface area contributed by atoms with Gasteiger partial charge in [-0.25, -0.2) is 4.98 Å². The lowest BCUT2D eigenvalue weighted by atomic mass is 10.2. The molecule has 0 amide bonds. The van der Waals surface area contributed by atoms with Crippen molar-refractivity contribution in [2.75, 3.05) is 6.54 Å². The van der Waals surface area contributed by atoms with Gasteiger partial charge in [-0.2, -0.15) is 0 Å². The van der Waals surface area contributed by atoms with E-state index in [9.17, 15) is 0 Å². The van der Waals surface area contributed by atoms with E-state index in [1.807, 2.05) is 13.8 Å². The summed E-state index contributed by atoms with van der Waals surface area (Å²) in [5.74, 6) is 0. The summed E-state index contributed by atoms with van der Waals surface area (Å²) in [5, 5.41) is 6.89. The van der Waals surface area contributed by atoms with Gasteiger partial charge in [0.2, 0.25) is 0 Å². The first-order chi connectivity index (χ1) is 6.68. The van der Waals surface area contributed by atoms with Gasteiger partial charge in [-0.05, 0) is 33.2 Å². The van der Waals surface area contributed by atoms with Crippen molar-refractivity contribution >= 4 is 22.9 Å². The van der Waals surface area contributed by atoms with Crippen LogP contribution in [0.1, 0.15) is 30.5 Å². The molecule has 1 unspecified atom stereocenters. The average Bonchev–Trinajstić information content (AvgIpc) is 2.50. The molecule has 1 atom stereocenters. The summed E-state index contributed by atoms with van der Waals surface area (Å²) in [5.41, 5.74) is 1.14. The first kappa shape index (κ1) is 12.0. The van der Waals surface area contributed by atoms with Gasteiger partial charge >= 0.3 is 0 Å². The van der Waals surface area contributed by atoms with E-state index in [1.165, 1.54) is 0 Å². The molecule has 0 aliphatic rings. The normalized spacial score (nSPS) is 13.1. The minimum absolute atomic E-state index is 0.290. The van der Waals surface area contributed by atoms with Crippen molar-refractivity contribution in [3.05, 3.63) is 16.1 Å². The molecule has 0 spiro atoms. The van der Waals surface area contributed by atoms with Gasteiger partial charge in [-0.1, -0.05) is 0 Å². The number of nitrogens with zero attached hydrogens (tertiary/aromatic N) is 1. The molecule has 1 rings (SSSR count). The third kappa shape index (κ3) is 4.94. The predicted molar refractivity (Wildman–Crippen MR) is 63.1 cm³/mol. The second-order valence-electron chi connectivity index (χ2n) is 3.46. The molecule has 14 heavy (non-hydrogen) atoms. The molecule has 0 bridgehead atoms. The molecule has 0 saturated heterocycles. The zero-order chi connectivity index (χ0) is 10.4. The van der Waals surface area contributed by atoms with Crippen LogP contribution in [0.25, 0.3) is 0 Å². The number of alkyl halides is 1. The lowest BCUT2D eigenvalue weighted by Crippen LogP contribution is -2.15. The SMILES string of the molecule is Cc1nc(CNCCCC(C)Cl)cs1. The molecule has 1 aromatic heterocycles. The van der Waals surface area contributed by atoms with Crippen LogP contribution in [0.2, 0.25) is 0 Å². The van der Waals surface area contributed by atoms with Crippen LogP contribution in [0.5, 0.6) is 0 Å². The first-order valence-corrected chi connectivity index (χ1v) is 6.26. The van der Waals surface area contributed by atoms with E-state index in [2.05, 4.69) is 15.7 Å². The fraction of sp³-hybridized carbons (Fsp3) is 0.700. The van der Waals surface area contributed by atoms with Gasteiger partial charge in [0.05, 0.1) is 10.7 Å². The highest BCUT2D eigenvalue weighted by Crippen LogP contribution is 2.07. The first-order valence-electron chi connectivity index (χ1n) is 4.94. The summed E-state index contributed by atoms with van der Waals surface area (Å²) in [6.07, 6.45) is 2.21. The van der Waals surface area contributed by atoms with Gasteiger partial charge in [0.15, 0.2) is 0 Å². The summed E-state index contributed by atoms with van der Waals surface area (Å²) in [4.78, 5) is 4.37. The monoisotopic (exact) mass is 232 g/mol. The van der Waals surface area contributed by atoms with Crippen molar-refractivity contribution in [3.8, 4) is 0 Å². The number of hydrogen-bond acceptors (Lipinski definition) is 3. The zero-order valence-electron chi connectivity index (χ0n) is 8.72. The largest absolute Gasteiger partial charge is 0.311 e. The van der Waals surface area contributed by atoms with Crippen LogP contribution in [-0.4, -0.2) is 16.9 Å². The highest BCUT2D eigenvalue weighted by atomic mass is 35.5. The van der Waals surface area contributed by atoms with Gasteiger partial charge in [0, 0.05) is 17.3 Å². The highest BCUT2D eigenvalue weighted by molar-refractivity contribution is 7.09. The fourth-order valence-corrected chi connectivity index (χ4v) is 1.98. The van der Waals surface area contributed by atoms with E-state index in [0.29, 0.717) is 5.38 Å². The molecule has 0 saturated carbocycles. The molecule has 1 heterocycles. The maximum Gasteiger partial charge on any atom is 0.0897 e. The Morgan fingerprint density at radius 1 is 1.64 bits per heavy atom. The van der Waals surface area contributed by atoms with Crippen LogP contribution in [0, 0.1) is 6.92 Å². The van der Waals surface area contributed by atoms with Crippen LogP contribution >= 0.6 is 22.9 Å². The second kappa shape index (κ2) is 6.38. The van der Waals surface area contributed by atoms with Gasteiger partial charge in [-0.3, -0.25) is 0 Å². The van der Waals surface area contributed by atoms with E-state index in [4.69, 9.17) is 11.6 Å². The van der Waals surface area contributed by atoms with Crippen molar-refractivity contribution in [2.45, 2.75) is 38.6 Å². The molecule has 1 aromatic rings. The summed E-state index contributed by atoms with van der Waals surface area (Å²) >= 11 is 7.54. The molecule has 2 nitrogen and oxygen atoms in total. The Bertz CT molecular complexity index is 260. The van der Waals surface area contributed by atoms with Crippen LogP contribution in [0.4, 0.5) is 0 Å². The van der Waals surface area contributed by atoms with E-state index >= 15 is 0 Å². The highest BCUT2D eigenvalue weighted by Gasteiger charge is 1.98. The third-order valence-corrected chi connectivity index (χ3v) is 2.97. The van der Waals surface area contributed by atoms with Crippen LogP contribution in [0.15, 0.2) is 5.38 Å². The number of rotatable bonds is 6. The van der Waals surface area contributed by atoms with Crippen molar-refractivity contribution in [2.24, 2.45) is 0 Å². The number of halogens is 1. The maximum absolute atomic E-state index is 5.84. The average molecular weight is 233 g/mol. The summed E-state index contributed by atoms with van der Waals surface area (Å²) in [6, 6.07) is 0. The molecular formula is C10H17ClN2S. The van der Waals surface area contributed by atoms with Crippen molar-refractivity contribution in [3.63, 3.8) is 0 Å². The molecule has 0 aliphatic heterocycles. The Kier molecular flexibility index (Phi) is 5.45. The molecule has 4 heteroatoms. The Hall–Kier alpha value is -0.120. The van der Waals surface area contributed by atoms with Gasteiger partial charge in [-0.15, -0.1) is 22.9 Å². The van der Waals surface area contributed by atoms with Crippen LogP contribution < -0.4 is 5.32 Å². The van der Waals surface area contributed by atoms with E-state index in [1.54, 1.807) is 11.3 Å². The Balaban J connectivity index is 2.04. The fourth-order valence-electron chi connectivity index (χ4n) is 1.21. The molecule has 0 fully saturated rings. The standard InChI is InChI=1S/C10H17ClN2S/c1-8(11)4-3-5-12-6-10-7-14-9(2)13-10/h7-8,12H,3-6H2,1-2H3. The third-order valence-electron chi connectivity index (χ3n) is 1.93. The number of thiazole rings is 1. The van der Waals surface area contributed by atoms with E-state index < -0.39 is 0 Å². The van der Waals surface area contributed by atoms with Gasteiger partial charge < -0.3 is 5.32 Å². The van der Waals surface area contributed by atoms with Gasteiger partial charge in [0.1, 0.15) is 0 Å². The molecule has 1 N–H and O–H groups in total. The molecule has 80 valence electrons. The minimum atomic E-state index is 0.290. The second-order valence-corrected chi connectivity index (χ2v) is 5.26. The zero-order valence-corrected chi connectivity index (χ0v) is 10.3. The van der Waals surface area contributed by atoms with Crippen molar-refractivity contribution < 1.29 is 0 Å². The topological polar surface area (TPSA) is 24.9 Å². The molecule has 0 aromatic carbocycles. The van der Waals surface area contributed by atoms with Crippen LogP contribution in [-0.2, 0) is 6.54 Å². The number of aromatic nitrogens is 1. The van der Waals surface area contributed by atoms with Gasteiger partial charge in [0.25, 0.3) is 0 Å². The quantitative estimate of drug-likeness (QED) is 0.603. The Morgan fingerprint density at radius 2 is 2.43 bits per heavy atom. The van der Waals surface area contributed by atoms with Crippen LogP contribution in [0.3, 0.4) is 0 Å². The smallest absolute Gasteiger partial charge is 0.0897 e. The number of hydrogen-bond donors (Lipinski definition) is 1. The van der Waals surface area contributed by atoms with E-state index in [-0.39, 0.29) is 0 Å². The Labute approximate surface area is 94.7 Å². The van der Waals surface area contributed by atoms with Crippen molar-refractivity contribution in [1.29, 1.82) is 0 Å². The maximum atomic E-state index is 5.84. The number of aryl methyl sites for hydroxylation is 1. The minimum Gasteiger partial charge on any atom is -0.311 e. The number of nitrogens with one attached hydrogen (secondary N) is 1. The molecular weight excluding hydrogens is 216 g/mol. The van der Waals surface area contributed by atoms with E-state index in [0.717, 1.165) is 36.6 Å². The lowest BCUT2D eigenvalue weighted by molar-refractivity contribution is 0.614.